The van der Waals surface area contributed by atoms with Gasteiger partial charge in [0.25, 0.3) is 0 Å². The average molecular weight is 320 g/mol. The van der Waals surface area contributed by atoms with Crippen molar-refractivity contribution >= 4 is 6.16 Å². The van der Waals surface area contributed by atoms with Crippen molar-refractivity contribution in [1.29, 1.82) is 0 Å². The van der Waals surface area contributed by atoms with Gasteiger partial charge in [-0.25, -0.2) is 4.79 Å². The molecule has 0 saturated carbocycles. The molecule has 0 radical (unpaired) electrons. The molecule has 23 heavy (non-hydrogen) atoms. The molecule has 0 fully saturated rings. The number of phenolic OH excluding ortho intramolecular Hbond substituents is 1. The van der Waals surface area contributed by atoms with E-state index in [4.69, 9.17) is 23.7 Å². The molecule has 0 bridgehead atoms. The molecule has 0 aromatic heterocycles. The van der Waals surface area contributed by atoms with Gasteiger partial charge in [0.15, 0.2) is 11.5 Å². The molecule has 2 rings (SSSR count). The number of ether oxygens (including phenoxy) is 5. The van der Waals surface area contributed by atoms with Crippen LogP contribution in [-0.4, -0.2) is 32.6 Å². The minimum atomic E-state index is -0.968. The molecule has 0 aliphatic rings. The van der Waals surface area contributed by atoms with Crippen molar-refractivity contribution in [2.45, 2.75) is 0 Å². The lowest BCUT2D eigenvalue weighted by Gasteiger charge is -2.10. The van der Waals surface area contributed by atoms with Gasteiger partial charge in [-0.15, -0.1) is 0 Å². The fourth-order valence-corrected chi connectivity index (χ4v) is 1.79. The fourth-order valence-electron chi connectivity index (χ4n) is 1.79. The highest BCUT2D eigenvalue weighted by atomic mass is 16.7. The molecule has 0 spiro atoms. The highest BCUT2D eigenvalue weighted by Gasteiger charge is 2.12. The number of benzene rings is 2. The molecule has 0 unspecified atom stereocenters. The van der Waals surface area contributed by atoms with Gasteiger partial charge in [-0.1, -0.05) is 0 Å². The van der Waals surface area contributed by atoms with Gasteiger partial charge in [-0.3, -0.25) is 0 Å². The summed E-state index contributed by atoms with van der Waals surface area (Å²) in [5.74, 6) is 1.36. The zero-order chi connectivity index (χ0) is 16.8. The van der Waals surface area contributed by atoms with Crippen molar-refractivity contribution in [2.75, 3.05) is 21.3 Å². The summed E-state index contributed by atoms with van der Waals surface area (Å²) in [7, 11) is 4.38. The van der Waals surface area contributed by atoms with Gasteiger partial charge in [0, 0.05) is 24.3 Å². The Kier molecular flexibility index (Phi) is 5.14. The highest BCUT2D eigenvalue weighted by Crippen LogP contribution is 2.31. The molecule has 2 aromatic rings. The topological polar surface area (TPSA) is 83.5 Å². The molecule has 0 aliphatic heterocycles. The van der Waals surface area contributed by atoms with Gasteiger partial charge < -0.3 is 28.8 Å². The Hall–Kier alpha value is -3.09. The van der Waals surface area contributed by atoms with Crippen LogP contribution < -0.4 is 23.7 Å². The zero-order valence-corrected chi connectivity index (χ0v) is 12.9. The van der Waals surface area contributed by atoms with Crippen LogP contribution in [0.1, 0.15) is 0 Å². The Morgan fingerprint density at radius 1 is 0.783 bits per heavy atom. The van der Waals surface area contributed by atoms with Gasteiger partial charge in [-0.2, -0.15) is 0 Å². The lowest BCUT2D eigenvalue weighted by Crippen LogP contribution is -2.13. The molecule has 0 atom stereocenters. The van der Waals surface area contributed by atoms with Crippen molar-refractivity contribution < 1.29 is 33.6 Å². The second-order valence-electron chi connectivity index (χ2n) is 4.34. The monoisotopic (exact) mass is 320 g/mol. The van der Waals surface area contributed by atoms with Crippen LogP contribution >= 0.6 is 0 Å². The van der Waals surface area contributed by atoms with Crippen molar-refractivity contribution in [3.8, 4) is 34.5 Å². The van der Waals surface area contributed by atoms with Crippen LogP contribution in [0.4, 0.5) is 4.79 Å². The van der Waals surface area contributed by atoms with E-state index in [0.29, 0.717) is 11.5 Å². The van der Waals surface area contributed by atoms with E-state index in [2.05, 4.69) is 0 Å². The van der Waals surface area contributed by atoms with E-state index in [1.807, 2.05) is 0 Å². The second kappa shape index (κ2) is 7.26. The number of rotatable bonds is 5. The quantitative estimate of drug-likeness (QED) is 0.669. The third kappa shape index (κ3) is 4.19. The third-order valence-electron chi connectivity index (χ3n) is 2.88. The van der Waals surface area contributed by atoms with E-state index in [1.54, 1.807) is 6.07 Å². The molecular weight excluding hydrogens is 304 g/mol. The lowest BCUT2D eigenvalue weighted by molar-refractivity contribution is 0.151. The van der Waals surface area contributed by atoms with Gasteiger partial charge in [0.2, 0.25) is 0 Å². The maximum absolute atomic E-state index is 11.8. The summed E-state index contributed by atoms with van der Waals surface area (Å²) in [5, 5.41) is 9.64. The predicted molar refractivity (Wildman–Crippen MR) is 80.9 cm³/mol. The smallest absolute Gasteiger partial charge is 0.504 e. The lowest BCUT2D eigenvalue weighted by atomic mass is 10.3. The van der Waals surface area contributed by atoms with Crippen molar-refractivity contribution in [3.63, 3.8) is 0 Å². The minimum Gasteiger partial charge on any atom is -0.504 e. The molecule has 0 amide bonds. The molecule has 0 saturated heterocycles. The number of hydrogen-bond donors (Lipinski definition) is 1. The van der Waals surface area contributed by atoms with E-state index in [9.17, 15) is 9.90 Å². The van der Waals surface area contributed by atoms with Crippen molar-refractivity contribution in [3.05, 3.63) is 36.4 Å². The standard InChI is InChI=1S/C16H16O7/c1-19-11-6-12(20-2)8-13(7-11)23-16(18)22-10-4-5-15(21-3)14(17)9-10/h4-9,17H,1-3H3. The molecule has 7 heteroatoms. The zero-order valence-electron chi connectivity index (χ0n) is 12.9. The summed E-state index contributed by atoms with van der Waals surface area (Å²) in [6.07, 6.45) is -0.968. The first-order valence-corrected chi connectivity index (χ1v) is 6.55. The third-order valence-corrected chi connectivity index (χ3v) is 2.88. The highest BCUT2D eigenvalue weighted by molar-refractivity contribution is 5.68. The van der Waals surface area contributed by atoms with Gasteiger partial charge in [0.1, 0.15) is 23.0 Å². The predicted octanol–water partition coefficient (Wildman–Crippen LogP) is 3.00. The van der Waals surface area contributed by atoms with Crippen LogP contribution in [0.15, 0.2) is 36.4 Å². The number of phenols is 1. The van der Waals surface area contributed by atoms with Crippen LogP contribution in [0.2, 0.25) is 0 Å². The number of carbonyl (C=O) groups is 1. The molecule has 7 nitrogen and oxygen atoms in total. The first kappa shape index (κ1) is 16.3. The number of hydrogen-bond acceptors (Lipinski definition) is 7. The summed E-state index contributed by atoms with van der Waals surface area (Å²) in [6.45, 7) is 0. The van der Waals surface area contributed by atoms with Gasteiger partial charge >= 0.3 is 6.16 Å². The number of methoxy groups -OCH3 is 3. The van der Waals surface area contributed by atoms with Crippen LogP contribution in [0, 0.1) is 0 Å². The van der Waals surface area contributed by atoms with E-state index in [0.717, 1.165) is 0 Å². The SMILES string of the molecule is COc1cc(OC)cc(OC(=O)Oc2ccc(OC)c(O)c2)c1. The van der Waals surface area contributed by atoms with Crippen molar-refractivity contribution in [1.82, 2.24) is 0 Å². The van der Waals surface area contributed by atoms with Gasteiger partial charge in [0.05, 0.1) is 21.3 Å². The maximum atomic E-state index is 11.8. The van der Waals surface area contributed by atoms with E-state index < -0.39 is 6.16 Å². The summed E-state index contributed by atoms with van der Waals surface area (Å²) >= 11 is 0. The van der Waals surface area contributed by atoms with Crippen LogP contribution in [0.5, 0.6) is 34.5 Å². The van der Waals surface area contributed by atoms with Crippen LogP contribution in [-0.2, 0) is 0 Å². The maximum Gasteiger partial charge on any atom is 0.519 e. The Morgan fingerprint density at radius 2 is 1.35 bits per heavy atom. The Labute approximate surface area is 132 Å². The second-order valence-corrected chi connectivity index (χ2v) is 4.34. The first-order valence-electron chi connectivity index (χ1n) is 6.55. The molecule has 122 valence electrons. The fraction of sp³-hybridized carbons (Fsp3) is 0.188. The minimum absolute atomic E-state index is 0.114. The largest absolute Gasteiger partial charge is 0.519 e. The molecule has 2 aromatic carbocycles. The van der Waals surface area contributed by atoms with E-state index in [-0.39, 0.29) is 23.0 Å². The van der Waals surface area contributed by atoms with E-state index >= 15 is 0 Å². The molecule has 0 heterocycles. The van der Waals surface area contributed by atoms with Crippen LogP contribution in [0.25, 0.3) is 0 Å². The van der Waals surface area contributed by atoms with Crippen LogP contribution in [0.3, 0.4) is 0 Å². The summed E-state index contributed by atoms with van der Waals surface area (Å²) < 4.78 is 25.1. The molecular formula is C16H16O7. The van der Waals surface area contributed by atoms with Gasteiger partial charge in [-0.05, 0) is 12.1 Å². The molecule has 1 N–H and O–H groups in total. The number of carbonyl (C=O) groups excluding carboxylic acids is 1. The van der Waals surface area contributed by atoms with E-state index in [1.165, 1.54) is 51.7 Å². The summed E-state index contributed by atoms with van der Waals surface area (Å²) in [6, 6.07) is 8.83. The average Bonchev–Trinajstić information content (AvgIpc) is 2.54. The first-order chi connectivity index (χ1) is 11.0. The Morgan fingerprint density at radius 3 is 1.87 bits per heavy atom. The van der Waals surface area contributed by atoms with Crippen molar-refractivity contribution in [2.24, 2.45) is 0 Å². The Balaban J connectivity index is 2.09. The molecule has 0 aliphatic carbocycles. The normalized spacial score (nSPS) is 9.87. The summed E-state index contributed by atoms with van der Waals surface area (Å²) in [5.41, 5.74) is 0. The summed E-state index contributed by atoms with van der Waals surface area (Å²) in [4.78, 5) is 11.8. The Bertz CT molecular complexity index is 675. The number of aromatic hydroxyl groups is 1.